The van der Waals surface area contributed by atoms with Crippen molar-refractivity contribution in [2.24, 2.45) is 5.92 Å². The van der Waals surface area contributed by atoms with Crippen molar-refractivity contribution < 1.29 is 23.0 Å². The van der Waals surface area contributed by atoms with Crippen LogP contribution < -0.4 is 4.74 Å². The summed E-state index contributed by atoms with van der Waals surface area (Å²) in [4.78, 5) is 15.1. The number of likely N-dealkylation sites (tertiary alicyclic amines) is 1. The molecule has 8 heteroatoms. The molecule has 214 valence electrons. The number of amides is 1. The largest absolute Gasteiger partial charge is 0.480 e. The molecule has 1 amide bonds. The van der Waals surface area contributed by atoms with Crippen molar-refractivity contribution in [1.82, 2.24) is 4.90 Å². The first kappa shape index (κ1) is 27.8. The first-order valence-electron chi connectivity index (χ1n) is 14.3. The average Bonchev–Trinajstić information content (AvgIpc) is 3.68. The zero-order valence-electron chi connectivity index (χ0n) is 23.5. The lowest BCUT2D eigenvalue weighted by molar-refractivity contribution is -0.0216. The molecule has 0 unspecified atom stereocenters. The lowest BCUT2D eigenvalue weighted by Gasteiger charge is -2.40. The van der Waals surface area contributed by atoms with Gasteiger partial charge in [-0.1, -0.05) is 48.0 Å². The lowest BCUT2D eigenvalue weighted by atomic mass is 9.75. The second kappa shape index (κ2) is 10.2. The fourth-order valence-corrected chi connectivity index (χ4v) is 7.43. The van der Waals surface area contributed by atoms with E-state index in [4.69, 9.17) is 21.1 Å². The third-order valence-electron chi connectivity index (χ3n) is 8.82. The van der Waals surface area contributed by atoms with E-state index in [9.17, 15) is 10.1 Å². The van der Waals surface area contributed by atoms with Gasteiger partial charge in [-0.3, -0.25) is 0 Å². The molecule has 2 aliphatic carbocycles. The predicted octanol–water partition coefficient (Wildman–Crippen LogP) is 8.28. The van der Waals surface area contributed by atoms with Gasteiger partial charge in [-0.2, -0.15) is 5.26 Å². The zero-order valence-corrected chi connectivity index (χ0v) is 24.2. The number of carbonyl (C=O) groups excluding carboxylic acids is 1. The third-order valence-corrected chi connectivity index (χ3v) is 9.20. The molecule has 1 saturated heterocycles. The van der Waals surface area contributed by atoms with Gasteiger partial charge in [0.15, 0.2) is 5.60 Å². The summed E-state index contributed by atoms with van der Waals surface area (Å²) in [6, 6.07) is 12.6. The number of nitriles is 1. The SMILES string of the molecule is CC(C)(C)OC(=O)N1CCC[C@H]1[C@@]1(c2ccccc2)Cc2c(cc(F)c(Cl)c2[C@@H]2C(C#N)=C[C@@H]3CCCC3=C2F)O1. The van der Waals surface area contributed by atoms with Crippen molar-refractivity contribution in [2.45, 2.75) is 82.5 Å². The number of halogens is 3. The van der Waals surface area contributed by atoms with Crippen LogP contribution in [0.25, 0.3) is 0 Å². The monoisotopic (exact) mass is 578 g/mol. The Kier molecular flexibility index (Phi) is 6.89. The quantitative estimate of drug-likeness (QED) is 0.368. The standard InChI is InChI=1S/C33H33ClF2N2O3/c1-32(2,3)41-31(39)38-14-8-13-26(38)33(21-10-5-4-6-11-21)17-23-25(40-33)16-24(35)29(34)28(23)27-20(18-37)15-19-9-7-12-22(19)30(27)36/h4-6,10-11,15-16,19,26-27H,7-9,12-14,17H2,1-3H3/t19-,26-,27-,33-/m0/s1. The maximum absolute atomic E-state index is 16.2. The van der Waals surface area contributed by atoms with Crippen LogP contribution in [0.1, 0.15) is 75.5 Å². The predicted molar refractivity (Wildman–Crippen MR) is 152 cm³/mol. The number of benzene rings is 2. The van der Waals surface area contributed by atoms with Gasteiger partial charge in [-0.15, -0.1) is 0 Å². The summed E-state index contributed by atoms with van der Waals surface area (Å²) in [6.45, 7) is 5.96. The average molecular weight is 579 g/mol. The van der Waals surface area contributed by atoms with Crippen molar-refractivity contribution >= 4 is 17.7 Å². The summed E-state index contributed by atoms with van der Waals surface area (Å²) in [5, 5.41) is 9.87. The van der Waals surface area contributed by atoms with E-state index in [0.717, 1.165) is 24.8 Å². The van der Waals surface area contributed by atoms with E-state index in [-0.39, 0.29) is 34.2 Å². The number of fused-ring (bicyclic) bond motifs is 2. The Labute approximate surface area is 244 Å². The van der Waals surface area contributed by atoms with E-state index in [2.05, 4.69) is 6.07 Å². The maximum Gasteiger partial charge on any atom is 0.410 e. The summed E-state index contributed by atoms with van der Waals surface area (Å²) in [5.41, 5.74) is 0.752. The molecule has 41 heavy (non-hydrogen) atoms. The molecule has 2 aliphatic heterocycles. The summed E-state index contributed by atoms with van der Waals surface area (Å²) in [5.74, 6) is -2.09. The smallest absolute Gasteiger partial charge is 0.410 e. The van der Waals surface area contributed by atoms with Crippen LogP contribution in [0.4, 0.5) is 13.6 Å². The van der Waals surface area contributed by atoms with Crippen molar-refractivity contribution in [3.8, 4) is 11.8 Å². The van der Waals surface area contributed by atoms with E-state index < -0.39 is 40.9 Å². The molecule has 0 N–H and O–H groups in total. The Morgan fingerprint density at radius 2 is 1.95 bits per heavy atom. The molecule has 2 aromatic carbocycles. The first-order valence-corrected chi connectivity index (χ1v) is 14.7. The van der Waals surface area contributed by atoms with Gasteiger partial charge in [-0.25, -0.2) is 13.6 Å². The van der Waals surface area contributed by atoms with Crippen LogP contribution in [0.5, 0.6) is 5.75 Å². The molecule has 0 spiro atoms. The second-order valence-electron chi connectivity index (χ2n) is 12.5. The van der Waals surface area contributed by atoms with Crippen molar-refractivity contribution in [3.05, 3.63) is 87.0 Å². The highest BCUT2D eigenvalue weighted by Gasteiger charge is 2.55. The van der Waals surface area contributed by atoms with E-state index in [1.165, 1.54) is 6.07 Å². The Morgan fingerprint density at radius 3 is 2.66 bits per heavy atom. The van der Waals surface area contributed by atoms with E-state index in [0.29, 0.717) is 30.5 Å². The van der Waals surface area contributed by atoms with Gasteiger partial charge >= 0.3 is 6.09 Å². The minimum atomic E-state index is -1.10. The van der Waals surface area contributed by atoms with Gasteiger partial charge in [0.05, 0.1) is 23.1 Å². The number of ether oxygens (including phenoxy) is 2. The number of allylic oxidation sites excluding steroid dienone is 4. The number of nitrogens with zero attached hydrogens (tertiary/aromatic N) is 2. The Balaban J connectivity index is 1.50. The summed E-state index contributed by atoms with van der Waals surface area (Å²) in [7, 11) is 0. The maximum atomic E-state index is 16.2. The van der Waals surface area contributed by atoms with Crippen LogP contribution in [-0.4, -0.2) is 29.2 Å². The molecule has 0 aromatic heterocycles. The summed E-state index contributed by atoms with van der Waals surface area (Å²) >= 11 is 6.65. The molecule has 6 rings (SSSR count). The van der Waals surface area contributed by atoms with Crippen LogP contribution in [0.15, 0.2) is 59.4 Å². The van der Waals surface area contributed by atoms with Gasteiger partial charge in [0.25, 0.3) is 0 Å². The molecule has 4 aliphatic rings. The molecule has 1 saturated carbocycles. The van der Waals surface area contributed by atoms with Crippen LogP contribution >= 0.6 is 11.6 Å². The minimum absolute atomic E-state index is 0.109. The minimum Gasteiger partial charge on any atom is -0.480 e. The zero-order chi connectivity index (χ0) is 29.1. The fourth-order valence-electron chi connectivity index (χ4n) is 7.15. The van der Waals surface area contributed by atoms with E-state index >= 15 is 8.78 Å². The number of rotatable bonds is 3. The van der Waals surface area contributed by atoms with Crippen molar-refractivity contribution in [1.29, 1.82) is 5.26 Å². The molecule has 2 fully saturated rings. The molecule has 0 radical (unpaired) electrons. The normalized spacial score (nSPS) is 27.2. The first-order chi connectivity index (χ1) is 19.5. The highest BCUT2D eigenvalue weighted by atomic mass is 35.5. The number of carbonyl (C=O) groups is 1. The second-order valence-corrected chi connectivity index (χ2v) is 12.8. The third kappa shape index (κ3) is 4.61. The number of hydrogen-bond donors (Lipinski definition) is 0. The molecule has 2 aromatic rings. The van der Waals surface area contributed by atoms with Crippen LogP contribution in [0.3, 0.4) is 0 Å². The van der Waals surface area contributed by atoms with Crippen molar-refractivity contribution in [2.75, 3.05) is 6.54 Å². The highest BCUT2D eigenvalue weighted by molar-refractivity contribution is 6.31. The van der Waals surface area contributed by atoms with Crippen LogP contribution in [-0.2, 0) is 16.8 Å². The summed E-state index contributed by atoms with van der Waals surface area (Å²) < 4.78 is 44.2. The Hall–Kier alpha value is -3.37. The van der Waals surface area contributed by atoms with Gasteiger partial charge in [0.1, 0.15) is 23.0 Å². The van der Waals surface area contributed by atoms with Gasteiger partial charge in [0.2, 0.25) is 0 Å². The number of hydrogen-bond acceptors (Lipinski definition) is 4. The highest BCUT2D eigenvalue weighted by Crippen LogP contribution is 2.55. The topological polar surface area (TPSA) is 62.6 Å². The molecule has 2 heterocycles. The molecular weight excluding hydrogens is 546 g/mol. The Morgan fingerprint density at radius 1 is 1.20 bits per heavy atom. The summed E-state index contributed by atoms with van der Waals surface area (Å²) in [6.07, 6.45) is 5.23. The fraction of sp³-hybridized carbons (Fsp3) is 0.455. The molecule has 5 nitrogen and oxygen atoms in total. The van der Waals surface area contributed by atoms with E-state index in [1.807, 2.05) is 57.2 Å². The molecule has 4 atom stereocenters. The van der Waals surface area contributed by atoms with Gasteiger partial charge in [-0.05, 0) is 69.6 Å². The van der Waals surface area contributed by atoms with Gasteiger partial charge < -0.3 is 14.4 Å². The van der Waals surface area contributed by atoms with Crippen LogP contribution in [0.2, 0.25) is 5.02 Å². The van der Waals surface area contributed by atoms with Crippen LogP contribution in [0, 0.1) is 23.1 Å². The molecule has 0 bridgehead atoms. The lowest BCUT2D eigenvalue weighted by Crippen LogP contribution is -2.53. The van der Waals surface area contributed by atoms with E-state index in [1.54, 1.807) is 4.90 Å². The van der Waals surface area contributed by atoms with Crippen molar-refractivity contribution in [3.63, 3.8) is 0 Å². The van der Waals surface area contributed by atoms with Gasteiger partial charge in [0, 0.05) is 36.1 Å². The Bertz CT molecular complexity index is 1510. The molecular formula is C33H33ClF2N2O3.